The van der Waals surface area contributed by atoms with Crippen molar-refractivity contribution in [3.8, 4) is 0 Å². The maximum atomic E-state index is 6.88. The Hall–Kier alpha value is -1.03. The van der Waals surface area contributed by atoms with Crippen molar-refractivity contribution in [1.82, 2.24) is 9.80 Å². The summed E-state index contributed by atoms with van der Waals surface area (Å²) < 4.78 is 5.47. The van der Waals surface area contributed by atoms with E-state index in [2.05, 4.69) is 46.2 Å². The Morgan fingerprint density at radius 1 is 1.09 bits per heavy atom. The first-order valence-electron chi connectivity index (χ1n) is 8.31. The molecule has 3 heterocycles. The van der Waals surface area contributed by atoms with Crippen molar-refractivity contribution in [2.45, 2.75) is 36.8 Å². The van der Waals surface area contributed by atoms with Crippen LogP contribution in [0, 0.1) is 0 Å². The first-order valence-corrected chi connectivity index (χ1v) is 8.75. The number of morpholine rings is 1. The molecule has 3 nitrogen and oxygen atoms in total. The van der Waals surface area contributed by atoms with Gasteiger partial charge in [-0.3, -0.25) is 4.90 Å². The van der Waals surface area contributed by atoms with Crippen LogP contribution in [0.3, 0.4) is 0 Å². The summed E-state index contributed by atoms with van der Waals surface area (Å²) in [5.41, 5.74) is 2.73. The second-order valence-corrected chi connectivity index (χ2v) is 6.93. The fraction of sp³-hybridized carbons (Fsp3) is 0.556. The number of hydrogen-bond acceptors (Lipinski definition) is 3. The second-order valence-electron chi connectivity index (χ2n) is 6.46. The van der Waals surface area contributed by atoms with Crippen molar-refractivity contribution in [1.29, 1.82) is 0 Å². The molecule has 0 aromatic heterocycles. The maximum absolute atomic E-state index is 6.88. The SMILES string of the molecule is ClC1C(N2CCOCC2)=CC2CCC1N2Cc1ccccc1. The number of hydrogen-bond donors (Lipinski definition) is 0. The molecule has 3 aliphatic heterocycles. The van der Waals surface area contributed by atoms with Gasteiger partial charge in [0.15, 0.2) is 0 Å². The largest absolute Gasteiger partial charge is 0.378 e. The molecule has 118 valence electrons. The van der Waals surface area contributed by atoms with E-state index in [4.69, 9.17) is 16.3 Å². The number of halogens is 1. The predicted molar refractivity (Wildman–Crippen MR) is 88.9 cm³/mol. The summed E-state index contributed by atoms with van der Waals surface area (Å²) in [5.74, 6) is 0. The highest BCUT2D eigenvalue weighted by molar-refractivity contribution is 6.23. The normalized spacial score (nSPS) is 32.1. The number of fused-ring (bicyclic) bond motifs is 2. The second kappa shape index (κ2) is 6.23. The van der Waals surface area contributed by atoms with Crippen molar-refractivity contribution in [2.24, 2.45) is 0 Å². The van der Waals surface area contributed by atoms with E-state index in [1.165, 1.54) is 24.1 Å². The summed E-state index contributed by atoms with van der Waals surface area (Å²) in [7, 11) is 0. The van der Waals surface area contributed by atoms with Gasteiger partial charge in [-0.05, 0) is 24.5 Å². The standard InChI is InChI=1S/C18H23ClN2O/c19-18-16-7-6-15(12-17(18)20-8-10-22-11-9-20)21(16)13-14-4-2-1-3-5-14/h1-5,12,15-16,18H,6-11,13H2. The summed E-state index contributed by atoms with van der Waals surface area (Å²) in [4.78, 5) is 5.03. The number of alkyl halides is 1. The van der Waals surface area contributed by atoms with Gasteiger partial charge in [0.1, 0.15) is 0 Å². The van der Waals surface area contributed by atoms with E-state index < -0.39 is 0 Å². The zero-order valence-corrected chi connectivity index (χ0v) is 13.6. The van der Waals surface area contributed by atoms with Crippen LogP contribution >= 0.6 is 11.6 Å². The lowest BCUT2D eigenvalue weighted by Gasteiger charge is -2.42. The molecule has 22 heavy (non-hydrogen) atoms. The molecule has 3 atom stereocenters. The van der Waals surface area contributed by atoms with Crippen molar-refractivity contribution in [3.05, 3.63) is 47.7 Å². The molecule has 0 radical (unpaired) electrons. The average molecular weight is 319 g/mol. The maximum Gasteiger partial charge on any atom is 0.0886 e. The molecule has 0 aliphatic carbocycles. The first-order chi connectivity index (χ1) is 10.8. The summed E-state index contributed by atoms with van der Waals surface area (Å²) in [6, 6.07) is 11.7. The Kier molecular flexibility index (Phi) is 4.12. The van der Waals surface area contributed by atoms with Crippen LogP contribution in [0.25, 0.3) is 0 Å². The van der Waals surface area contributed by atoms with Crippen LogP contribution in [-0.2, 0) is 11.3 Å². The van der Waals surface area contributed by atoms with Gasteiger partial charge in [0, 0.05) is 37.4 Å². The van der Waals surface area contributed by atoms with Gasteiger partial charge in [-0.1, -0.05) is 30.3 Å². The van der Waals surface area contributed by atoms with E-state index in [1.807, 2.05) is 0 Å². The molecule has 2 saturated heterocycles. The topological polar surface area (TPSA) is 15.7 Å². The van der Waals surface area contributed by atoms with Gasteiger partial charge in [-0.25, -0.2) is 0 Å². The fourth-order valence-electron chi connectivity index (χ4n) is 4.03. The van der Waals surface area contributed by atoms with Gasteiger partial charge in [0.2, 0.25) is 0 Å². The molecule has 3 aliphatic rings. The summed E-state index contributed by atoms with van der Waals surface area (Å²) in [6.45, 7) is 4.61. The Labute approximate surface area is 137 Å². The molecule has 0 N–H and O–H groups in total. The predicted octanol–water partition coefficient (Wildman–Crippen LogP) is 2.86. The highest BCUT2D eigenvalue weighted by Crippen LogP contribution is 2.39. The number of benzene rings is 1. The number of ether oxygens (including phenoxy) is 1. The number of nitrogens with zero attached hydrogens (tertiary/aromatic N) is 2. The molecule has 3 unspecified atom stereocenters. The smallest absolute Gasteiger partial charge is 0.0886 e. The van der Waals surface area contributed by atoms with E-state index in [1.54, 1.807) is 0 Å². The van der Waals surface area contributed by atoms with Crippen LogP contribution in [0.5, 0.6) is 0 Å². The lowest BCUT2D eigenvalue weighted by molar-refractivity contribution is 0.0474. The van der Waals surface area contributed by atoms with E-state index in [0.29, 0.717) is 12.1 Å². The molecule has 4 rings (SSSR count). The van der Waals surface area contributed by atoms with Crippen LogP contribution in [-0.4, -0.2) is 53.6 Å². The van der Waals surface area contributed by atoms with E-state index in [9.17, 15) is 0 Å². The fourth-order valence-corrected chi connectivity index (χ4v) is 4.51. The highest BCUT2D eigenvalue weighted by Gasteiger charge is 2.43. The van der Waals surface area contributed by atoms with Gasteiger partial charge in [0.25, 0.3) is 0 Å². The average Bonchev–Trinajstić information content (AvgIpc) is 2.87. The van der Waals surface area contributed by atoms with Crippen molar-refractivity contribution in [3.63, 3.8) is 0 Å². The van der Waals surface area contributed by atoms with Gasteiger partial charge in [-0.2, -0.15) is 0 Å². The van der Waals surface area contributed by atoms with Gasteiger partial charge < -0.3 is 9.64 Å². The number of rotatable bonds is 3. The molecule has 2 fully saturated rings. The third kappa shape index (κ3) is 2.66. The third-order valence-corrected chi connectivity index (χ3v) is 5.69. The first kappa shape index (κ1) is 14.6. The third-order valence-electron chi connectivity index (χ3n) is 5.18. The molecule has 0 spiro atoms. The van der Waals surface area contributed by atoms with Crippen molar-refractivity contribution < 1.29 is 4.74 Å². The van der Waals surface area contributed by atoms with Gasteiger partial charge in [-0.15, -0.1) is 11.6 Å². The minimum atomic E-state index is 0.112. The molecule has 0 amide bonds. The zero-order valence-electron chi connectivity index (χ0n) is 12.8. The lowest BCUT2D eigenvalue weighted by Crippen LogP contribution is -2.49. The summed E-state index contributed by atoms with van der Waals surface area (Å²) in [5, 5.41) is 0.112. The summed E-state index contributed by atoms with van der Waals surface area (Å²) >= 11 is 6.88. The highest BCUT2D eigenvalue weighted by atomic mass is 35.5. The monoisotopic (exact) mass is 318 g/mol. The minimum absolute atomic E-state index is 0.112. The van der Waals surface area contributed by atoms with Crippen LogP contribution < -0.4 is 0 Å². The Morgan fingerprint density at radius 3 is 2.64 bits per heavy atom. The Bertz CT molecular complexity index is 541. The van der Waals surface area contributed by atoms with Crippen LogP contribution in [0.15, 0.2) is 42.1 Å². The van der Waals surface area contributed by atoms with E-state index in [-0.39, 0.29) is 5.38 Å². The molecule has 4 heteroatoms. The van der Waals surface area contributed by atoms with Gasteiger partial charge >= 0.3 is 0 Å². The molecule has 2 bridgehead atoms. The van der Waals surface area contributed by atoms with Crippen LogP contribution in [0.4, 0.5) is 0 Å². The molecule has 0 saturated carbocycles. The zero-order chi connectivity index (χ0) is 14.9. The molecular formula is C18H23ClN2O. The van der Waals surface area contributed by atoms with Crippen LogP contribution in [0.2, 0.25) is 0 Å². The minimum Gasteiger partial charge on any atom is -0.378 e. The van der Waals surface area contributed by atoms with Gasteiger partial charge in [0.05, 0.1) is 18.6 Å². The molecular weight excluding hydrogens is 296 g/mol. The molecule has 1 aromatic carbocycles. The summed E-state index contributed by atoms with van der Waals surface area (Å²) in [6.07, 6.45) is 4.86. The Morgan fingerprint density at radius 2 is 1.86 bits per heavy atom. The molecule has 1 aromatic rings. The van der Waals surface area contributed by atoms with Crippen molar-refractivity contribution in [2.75, 3.05) is 26.3 Å². The van der Waals surface area contributed by atoms with E-state index in [0.717, 1.165) is 32.8 Å². The quantitative estimate of drug-likeness (QED) is 0.797. The van der Waals surface area contributed by atoms with Crippen LogP contribution in [0.1, 0.15) is 18.4 Å². The Balaban J connectivity index is 1.54. The van der Waals surface area contributed by atoms with E-state index >= 15 is 0 Å². The lowest BCUT2D eigenvalue weighted by atomic mass is 10.0. The van der Waals surface area contributed by atoms with Crippen molar-refractivity contribution >= 4 is 11.6 Å².